The third-order valence-corrected chi connectivity index (χ3v) is 4.52. The largest absolute Gasteiger partial charge is 0.326 e. The lowest BCUT2D eigenvalue weighted by molar-refractivity contribution is 0.966. The molecule has 1 aliphatic rings. The van der Waals surface area contributed by atoms with Gasteiger partial charge >= 0.3 is 0 Å². The third kappa shape index (κ3) is 2.60. The van der Waals surface area contributed by atoms with Gasteiger partial charge < -0.3 is 10.2 Å². The van der Waals surface area contributed by atoms with E-state index in [1.807, 2.05) is 12.3 Å². The fraction of sp³-hybridized carbons (Fsp3) is 0.200. The SMILES string of the molecule is Cc1cccc(C)c1Nc1nccc(N2CCc3ccccc32)n1. The van der Waals surface area contributed by atoms with E-state index in [9.17, 15) is 0 Å². The molecule has 2 heterocycles. The van der Waals surface area contributed by atoms with E-state index >= 15 is 0 Å². The number of rotatable bonds is 3. The van der Waals surface area contributed by atoms with E-state index in [0.29, 0.717) is 5.95 Å². The van der Waals surface area contributed by atoms with Gasteiger partial charge in [0.15, 0.2) is 0 Å². The van der Waals surface area contributed by atoms with Crippen LogP contribution in [0.1, 0.15) is 16.7 Å². The number of hydrogen-bond acceptors (Lipinski definition) is 4. The molecule has 0 bridgehead atoms. The Morgan fingerprint density at radius 2 is 1.75 bits per heavy atom. The number of nitrogens with zero attached hydrogens (tertiary/aromatic N) is 3. The minimum Gasteiger partial charge on any atom is -0.326 e. The molecule has 1 N–H and O–H groups in total. The molecule has 2 aromatic carbocycles. The highest BCUT2D eigenvalue weighted by molar-refractivity contribution is 5.69. The van der Waals surface area contributed by atoms with Crippen molar-refractivity contribution in [2.45, 2.75) is 20.3 Å². The van der Waals surface area contributed by atoms with Gasteiger partial charge in [-0.3, -0.25) is 0 Å². The van der Waals surface area contributed by atoms with Crippen LogP contribution in [0.25, 0.3) is 0 Å². The van der Waals surface area contributed by atoms with E-state index in [4.69, 9.17) is 4.98 Å². The first-order valence-corrected chi connectivity index (χ1v) is 8.24. The summed E-state index contributed by atoms with van der Waals surface area (Å²) >= 11 is 0. The topological polar surface area (TPSA) is 41.1 Å². The van der Waals surface area contributed by atoms with Crippen molar-refractivity contribution in [3.63, 3.8) is 0 Å². The molecule has 0 fully saturated rings. The maximum absolute atomic E-state index is 4.73. The van der Waals surface area contributed by atoms with Crippen LogP contribution in [0.3, 0.4) is 0 Å². The van der Waals surface area contributed by atoms with Gasteiger partial charge in [0.05, 0.1) is 0 Å². The number of benzene rings is 2. The standard InChI is InChI=1S/C20H20N4/c1-14-6-5-7-15(2)19(14)23-20-21-12-10-18(22-20)24-13-11-16-8-3-4-9-17(16)24/h3-10,12H,11,13H2,1-2H3,(H,21,22,23). The summed E-state index contributed by atoms with van der Waals surface area (Å²) in [6, 6.07) is 16.7. The van der Waals surface area contributed by atoms with E-state index in [2.05, 4.69) is 71.5 Å². The molecular weight excluding hydrogens is 296 g/mol. The first kappa shape index (κ1) is 14.7. The fourth-order valence-electron chi connectivity index (χ4n) is 3.26. The van der Waals surface area contributed by atoms with Crippen LogP contribution in [0.5, 0.6) is 0 Å². The van der Waals surface area contributed by atoms with Crippen LogP contribution < -0.4 is 10.2 Å². The molecule has 0 saturated heterocycles. The van der Waals surface area contributed by atoms with E-state index in [1.54, 1.807) is 0 Å². The molecule has 4 nitrogen and oxygen atoms in total. The van der Waals surface area contributed by atoms with Crippen molar-refractivity contribution in [3.8, 4) is 0 Å². The summed E-state index contributed by atoms with van der Waals surface area (Å²) in [6.07, 6.45) is 2.87. The maximum Gasteiger partial charge on any atom is 0.229 e. The number of para-hydroxylation sites is 2. The lowest BCUT2D eigenvalue weighted by Crippen LogP contribution is -2.15. The lowest BCUT2D eigenvalue weighted by atomic mass is 10.1. The Morgan fingerprint density at radius 1 is 0.958 bits per heavy atom. The summed E-state index contributed by atoms with van der Waals surface area (Å²) in [5.41, 5.74) is 6.08. The molecule has 120 valence electrons. The molecule has 0 amide bonds. The van der Waals surface area contributed by atoms with Gasteiger partial charge in [0.1, 0.15) is 5.82 Å². The Balaban J connectivity index is 1.66. The van der Waals surface area contributed by atoms with E-state index in [1.165, 1.54) is 22.4 Å². The van der Waals surface area contributed by atoms with Crippen molar-refractivity contribution in [2.75, 3.05) is 16.8 Å². The van der Waals surface area contributed by atoms with Crippen molar-refractivity contribution < 1.29 is 0 Å². The van der Waals surface area contributed by atoms with Crippen molar-refractivity contribution in [2.24, 2.45) is 0 Å². The average molecular weight is 316 g/mol. The summed E-state index contributed by atoms with van der Waals surface area (Å²) in [6.45, 7) is 5.14. The van der Waals surface area contributed by atoms with Crippen LogP contribution in [0, 0.1) is 13.8 Å². The smallest absolute Gasteiger partial charge is 0.229 e. The predicted molar refractivity (Wildman–Crippen MR) is 98.4 cm³/mol. The van der Waals surface area contributed by atoms with Gasteiger partial charge in [0, 0.05) is 24.1 Å². The highest BCUT2D eigenvalue weighted by Gasteiger charge is 2.21. The van der Waals surface area contributed by atoms with Gasteiger partial charge in [-0.2, -0.15) is 4.98 Å². The molecule has 0 saturated carbocycles. The maximum atomic E-state index is 4.73. The van der Waals surface area contributed by atoms with Crippen molar-refractivity contribution in [3.05, 3.63) is 71.4 Å². The first-order valence-electron chi connectivity index (χ1n) is 8.24. The van der Waals surface area contributed by atoms with E-state index < -0.39 is 0 Å². The molecule has 4 heteroatoms. The minimum absolute atomic E-state index is 0.634. The van der Waals surface area contributed by atoms with Crippen LogP contribution in [0.4, 0.5) is 23.1 Å². The monoisotopic (exact) mass is 316 g/mol. The molecule has 4 rings (SSSR count). The fourth-order valence-corrected chi connectivity index (χ4v) is 3.26. The van der Waals surface area contributed by atoms with Crippen LogP contribution in [-0.2, 0) is 6.42 Å². The summed E-state index contributed by atoms with van der Waals surface area (Å²) in [5, 5.41) is 3.38. The zero-order valence-corrected chi connectivity index (χ0v) is 14.0. The predicted octanol–water partition coefficient (Wildman–Crippen LogP) is 4.53. The second-order valence-corrected chi connectivity index (χ2v) is 6.16. The Kier molecular flexibility index (Phi) is 3.65. The third-order valence-electron chi connectivity index (χ3n) is 4.52. The van der Waals surface area contributed by atoms with Gasteiger partial charge in [-0.25, -0.2) is 4.98 Å². The van der Waals surface area contributed by atoms with Gasteiger partial charge in [0.25, 0.3) is 0 Å². The number of nitrogens with one attached hydrogen (secondary N) is 1. The minimum atomic E-state index is 0.634. The Morgan fingerprint density at radius 3 is 2.58 bits per heavy atom. The van der Waals surface area contributed by atoms with Crippen molar-refractivity contribution in [1.29, 1.82) is 0 Å². The first-order chi connectivity index (χ1) is 11.7. The number of fused-ring (bicyclic) bond motifs is 1. The Hall–Kier alpha value is -2.88. The molecule has 24 heavy (non-hydrogen) atoms. The van der Waals surface area contributed by atoms with Gasteiger partial charge in [0.2, 0.25) is 5.95 Å². The number of hydrogen-bond donors (Lipinski definition) is 1. The van der Waals surface area contributed by atoms with Gasteiger partial charge in [-0.15, -0.1) is 0 Å². The lowest BCUT2D eigenvalue weighted by Gasteiger charge is -2.19. The summed E-state index contributed by atoms with van der Waals surface area (Å²) in [4.78, 5) is 11.4. The Labute approximate surface area is 142 Å². The molecular formula is C20H20N4. The van der Waals surface area contributed by atoms with Gasteiger partial charge in [-0.1, -0.05) is 36.4 Å². The molecule has 0 spiro atoms. The van der Waals surface area contributed by atoms with Crippen LogP contribution in [-0.4, -0.2) is 16.5 Å². The van der Waals surface area contributed by atoms with Crippen LogP contribution in [0.2, 0.25) is 0 Å². The van der Waals surface area contributed by atoms with Crippen LogP contribution in [0.15, 0.2) is 54.7 Å². The molecule has 1 aliphatic heterocycles. The van der Waals surface area contributed by atoms with Gasteiger partial charge in [-0.05, 0) is 49.1 Å². The zero-order chi connectivity index (χ0) is 16.5. The van der Waals surface area contributed by atoms with Crippen molar-refractivity contribution in [1.82, 2.24) is 9.97 Å². The molecule has 0 atom stereocenters. The van der Waals surface area contributed by atoms with E-state index in [0.717, 1.165) is 24.5 Å². The normalized spacial score (nSPS) is 13.0. The summed E-state index contributed by atoms with van der Waals surface area (Å²) in [7, 11) is 0. The highest BCUT2D eigenvalue weighted by atomic mass is 15.2. The molecule has 0 aliphatic carbocycles. The average Bonchev–Trinajstić information content (AvgIpc) is 3.03. The zero-order valence-electron chi connectivity index (χ0n) is 14.0. The molecule has 0 unspecified atom stereocenters. The summed E-state index contributed by atoms with van der Waals surface area (Å²) in [5.74, 6) is 1.57. The highest BCUT2D eigenvalue weighted by Crippen LogP contribution is 2.33. The summed E-state index contributed by atoms with van der Waals surface area (Å²) < 4.78 is 0. The van der Waals surface area contributed by atoms with Crippen LogP contribution >= 0.6 is 0 Å². The molecule has 1 aromatic heterocycles. The second-order valence-electron chi connectivity index (χ2n) is 6.16. The Bertz CT molecular complexity index is 868. The van der Waals surface area contributed by atoms with E-state index in [-0.39, 0.29) is 0 Å². The number of anilines is 4. The quantitative estimate of drug-likeness (QED) is 0.770. The molecule has 0 radical (unpaired) electrons. The molecule has 3 aromatic rings. The number of aromatic nitrogens is 2. The van der Waals surface area contributed by atoms with Crippen molar-refractivity contribution >= 4 is 23.1 Å². The number of aryl methyl sites for hydroxylation is 2. The second kappa shape index (κ2) is 5.96.